The van der Waals surface area contributed by atoms with E-state index in [-0.39, 0.29) is 11.8 Å². The Morgan fingerprint density at radius 2 is 1.93 bits per heavy atom. The summed E-state index contributed by atoms with van der Waals surface area (Å²) in [5.74, 6) is -0.0347. The van der Waals surface area contributed by atoms with E-state index >= 15 is 0 Å². The summed E-state index contributed by atoms with van der Waals surface area (Å²) in [4.78, 5) is 26.4. The van der Waals surface area contributed by atoms with E-state index in [0.717, 1.165) is 23.2 Å². The minimum Gasteiger partial charge on any atom is -0.348 e. The number of hydrogen-bond acceptors (Lipinski definition) is 3. The summed E-state index contributed by atoms with van der Waals surface area (Å²) < 4.78 is 1.86. The van der Waals surface area contributed by atoms with Crippen LogP contribution in [0.1, 0.15) is 34.3 Å². The van der Waals surface area contributed by atoms with Crippen molar-refractivity contribution in [1.82, 2.24) is 15.1 Å². The van der Waals surface area contributed by atoms with Crippen LogP contribution in [0.4, 0.5) is 5.69 Å². The molecular formula is C22H22N4O2. The second-order valence-corrected chi connectivity index (χ2v) is 6.85. The van der Waals surface area contributed by atoms with Crippen LogP contribution in [0.5, 0.6) is 0 Å². The van der Waals surface area contributed by atoms with Gasteiger partial charge in [-0.3, -0.25) is 14.3 Å². The lowest BCUT2D eigenvalue weighted by Gasteiger charge is -2.16. The Labute approximate surface area is 163 Å². The Balaban J connectivity index is 1.44. The Hall–Kier alpha value is -3.41. The topological polar surface area (TPSA) is 67.2 Å². The molecular weight excluding hydrogens is 352 g/mol. The summed E-state index contributed by atoms with van der Waals surface area (Å²) >= 11 is 0. The van der Waals surface area contributed by atoms with Crippen molar-refractivity contribution in [2.24, 2.45) is 0 Å². The van der Waals surface area contributed by atoms with Gasteiger partial charge in [0, 0.05) is 43.2 Å². The first-order chi connectivity index (χ1) is 13.7. The molecule has 28 heavy (non-hydrogen) atoms. The Kier molecular flexibility index (Phi) is 5.19. The van der Waals surface area contributed by atoms with Crippen LogP contribution in [-0.4, -0.2) is 28.1 Å². The lowest BCUT2D eigenvalue weighted by molar-refractivity contribution is -0.117. The van der Waals surface area contributed by atoms with Gasteiger partial charge in [0.25, 0.3) is 5.91 Å². The van der Waals surface area contributed by atoms with Gasteiger partial charge < -0.3 is 10.2 Å². The molecule has 1 N–H and O–H groups in total. The number of nitrogens with zero attached hydrogens (tertiary/aromatic N) is 3. The summed E-state index contributed by atoms with van der Waals surface area (Å²) in [6, 6.07) is 17.2. The molecule has 0 saturated carbocycles. The summed E-state index contributed by atoms with van der Waals surface area (Å²) in [6.45, 7) is 1.81. The van der Waals surface area contributed by atoms with E-state index in [4.69, 9.17) is 0 Å². The van der Waals surface area contributed by atoms with Crippen LogP contribution in [0.15, 0.2) is 67.0 Å². The standard InChI is InChI=1S/C22H22N4O2/c27-21-10-4-13-26(21)20-9-3-8-17(14-20)22(28)23-15-18-6-1-2-7-19(18)16-25-12-5-11-24-25/h1-3,5-9,11-12,14H,4,10,13,15-16H2,(H,23,28). The van der Waals surface area contributed by atoms with Crippen molar-refractivity contribution in [1.29, 1.82) is 0 Å². The number of aromatic nitrogens is 2. The third-order valence-electron chi connectivity index (χ3n) is 4.94. The number of nitrogens with one attached hydrogen (secondary N) is 1. The molecule has 6 heteroatoms. The predicted octanol–water partition coefficient (Wildman–Crippen LogP) is 2.99. The lowest BCUT2D eigenvalue weighted by Crippen LogP contribution is -2.26. The number of benzene rings is 2. The zero-order valence-electron chi connectivity index (χ0n) is 15.5. The van der Waals surface area contributed by atoms with Gasteiger partial charge in [0.2, 0.25) is 5.91 Å². The van der Waals surface area contributed by atoms with E-state index in [1.807, 2.05) is 53.3 Å². The quantitative estimate of drug-likeness (QED) is 0.721. The lowest BCUT2D eigenvalue weighted by atomic mass is 10.1. The van der Waals surface area contributed by atoms with Crippen LogP contribution in [0.3, 0.4) is 0 Å². The van der Waals surface area contributed by atoms with Gasteiger partial charge in [0.1, 0.15) is 0 Å². The van der Waals surface area contributed by atoms with Gasteiger partial charge in [-0.05, 0) is 41.8 Å². The molecule has 0 atom stereocenters. The maximum atomic E-state index is 12.7. The number of carbonyl (C=O) groups is 2. The van der Waals surface area contributed by atoms with E-state index in [0.29, 0.717) is 31.6 Å². The van der Waals surface area contributed by atoms with Gasteiger partial charge in [-0.2, -0.15) is 5.10 Å². The normalized spacial score (nSPS) is 13.7. The molecule has 0 radical (unpaired) electrons. The molecule has 0 bridgehead atoms. The van der Waals surface area contributed by atoms with Gasteiger partial charge in [0.05, 0.1) is 6.54 Å². The molecule has 6 nitrogen and oxygen atoms in total. The summed E-state index contributed by atoms with van der Waals surface area (Å²) in [6.07, 6.45) is 5.11. The summed E-state index contributed by atoms with van der Waals surface area (Å²) in [5, 5.41) is 7.24. The van der Waals surface area contributed by atoms with Crippen LogP contribution in [0, 0.1) is 0 Å². The highest BCUT2D eigenvalue weighted by molar-refractivity contribution is 5.99. The zero-order valence-corrected chi connectivity index (χ0v) is 15.5. The van der Waals surface area contributed by atoms with Gasteiger partial charge in [-0.1, -0.05) is 30.3 Å². The molecule has 0 spiro atoms. The predicted molar refractivity (Wildman–Crippen MR) is 107 cm³/mol. The second-order valence-electron chi connectivity index (χ2n) is 6.85. The summed E-state index contributed by atoms with van der Waals surface area (Å²) in [5.41, 5.74) is 3.51. The maximum absolute atomic E-state index is 12.7. The average molecular weight is 374 g/mol. The first-order valence-electron chi connectivity index (χ1n) is 9.43. The first kappa shape index (κ1) is 18.0. The van der Waals surface area contributed by atoms with Crippen molar-refractivity contribution >= 4 is 17.5 Å². The molecule has 2 aromatic carbocycles. The highest BCUT2D eigenvalue weighted by Crippen LogP contribution is 2.22. The number of rotatable bonds is 6. The average Bonchev–Trinajstić information content (AvgIpc) is 3.39. The smallest absolute Gasteiger partial charge is 0.251 e. The van der Waals surface area contributed by atoms with E-state index in [1.165, 1.54) is 0 Å². The van der Waals surface area contributed by atoms with Crippen molar-refractivity contribution in [3.8, 4) is 0 Å². The maximum Gasteiger partial charge on any atom is 0.251 e. The molecule has 0 unspecified atom stereocenters. The van der Waals surface area contributed by atoms with Crippen molar-refractivity contribution < 1.29 is 9.59 Å². The van der Waals surface area contributed by atoms with Crippen molar-refractivity contribution in [3.05, 3.63) is 83.7 Å². The molecule has 1 fully saturated rings. The van der Waals surface area contributed by atoms with Crippen molar-refractivity contribution in [2.75, 3.05) is 11.4 Å². The second kappa shape index (κ2) is 8.08. The van der Waals surface area contributed by atoms with Gasteiger partial charge in [0.15, 0.2) is 0 Å². The fourth-order valence-electron chi connectivity index (χ4n) is 3.47. The van der Waals surface area contributed by atoms with Crippen LogP contribution in [0.2, 0.25) is 0 Å². The number of carbonyl (C=O) groups excluding carboxylic acids is 2. The molecule has 3 aromatic rings. The van der Waals surface area contributed by atoms with Crippen LogP contribution in [-0.2, 0) is 17.9 Å². The molecule has 0 aliphatic carbocycles. The third kappa shape index (κ3) is 3.96. The van der Waals surface area contributed by atoms with Gasteiger partial charge >= 0.3 is 0 Å². The summed E-state index contributed by atoms with van der Waals surface area (Å²) in [7, 11) is 0. The highest BCUT2D eigenvalue weighted by atomic mass is 16.2. The molecule has 142 valence electrons. The monoisotopic (exact) mass is 374 g/mol. The largest absolute Gasteiger partial charge is 0.348 e. The molecule has 1 saturated heterocycles. The number of anilines is 1. The fraction of sp³-hybridized carbons (Fsp3) is 0.227. The number of hydrogen-bond donors (Lipinski definition) is 1. The fourth-order valence-corrected chi connectivity index (χ4v) is 3.47. The van der Waals surface area contributed by atoms with Crippen LogP contribution >= 0.6 is 0 Å². The Morgan fingerprint density at radius 1 is 1.07 bits per heavy atom. The zero-order chi connectivity index (χ0) is 19.3. The van der Waals surface area contributed by atoms with Gasteiger partial charge in [-0.15, -0.1) is 0 Å². The minimum absolute atomic E-state index is 0.116. The molecule has 1 aliphatic heterocycles. The van der Waals surface area contributed by atoms with Crippen molar-refractivity contribution in [3.63, 3.8) is 0 Å². The van der Waals surface area contributed by atoms with Crippen LogP contribution < -0.4 is 10.2 Å². The molecule has 2 heterocycles. The molecule has 4 rings (SSSR count). The highest BCUT2D eigenvalue weighted by Gasteiger charge is 2.22. The SMILES string of the molecule is O=C(NCc1ccccc1Cn1cccn1)c1cccc(N2CCCC2=O)c1. The number of amides is 2. The molecule has 1 aliphatic rings. The third-order valence-corrected chi connectivity index (χ3v) is 4.94. The Bertz CT molecular complexity index is 982. The molecule has 2 amide bonds. The van der Waals surface area contributed by atoms with Gasteiger partial charge in [-0.25, -0.2) is 0 Å². The van der Waals surface area contributed by atoms with E-state index < -0.39 is 0 Å². The van der Waals surface area contributed by atoms with E-state index in [2.05, 4.69) is 10.4 Å². The van der Waals surface area contributed by atoms with E-state index in [1.54, 1.807) is 23.2 Å². The minimum atomic E-state index is -0.151. The Morgan fingerprint density at radius 3 is 2.68 bits per heavy atom. The first-order valence-corrected chi connectivity index (χ1v) is 9.43. The van der Waals surface area contributed by atoms with Crippen LogP contribution in [0.25, 0.3) is 0 Å². The molecule has 1 aromatic heterocycles. The van der Waals surface area contributed by atoms with E-state index in [9.17, 15) is 9.59 Å². The van der Waals surface area contributed by atoms with Crippen molar-refractivity contribution in [2.45, 2.75) is 25.9 Å².